The van der Waals surface area contributed by atoms with Gasteiger partial charge in [0.2, 0.25) is 5.91 Å². The quantitative estimate of drug-likeness (QED) is 0.533. The number of amides is 1. The normalized spacial score (nSPS) is 10.2. The van der Waals surface area contributed by atoms with E-state index in [0.717, 1.165) is 6.54 Å². The highest BCUT2D eigenvalue weighted by atomic mass is 16.6. The summed E-state index contributed by atoms with van der Waals surface area (Å²) in [5, 5.41) is 16.6. The van der Waals surface area contributed by atoms with Crippen LogP contribution in [0.3, 0.4) is 0 Å². The van der Waals surface area contributed by atoms with Gasteiger partial charge in [-0.1, -0.05) is 6.92 Å². The predicted octanol–water partition coefficient (Wildman–Crippen LogP) is 1.61. The number of nitrogens with zero attached hydrogens (tertiary/aromatic N) is 1. The predicted molar refractivity (Wildman–Crippen MR) is 79.3 cm³/mol. The molecule has 0 unspecified atom stereocenters. The van der Waals surface area contributed by atoms with Gasteiger partial charge < -0.3 is 15.4 Å². The van der Waals surface area contributed by atoms with Gasteiger partial charge in [0.1, 0.15) is 5.75 Å². The van der Waals surface area contributed by atoms with E-state index in [1.165, 1.54) is 12.1 Å². The summed E-state index contributed by atoms with van der Waals surface area (Å²) < 4.78 is 5.56. The Bertz CT molecular complexity index is 491. The molecule has 0 spiro atoms. The first-order valence-corrected chi connectivity index (χ1v) is 6.96. The van der Waals surface area contributed by atoms with E-state index in [-0.39, 0.29) is 24.6 Å². The van der Waals surface area contributed by atoms with Gasteiger partial charge in [-0.2, -0.15) is 0 Å². The van der Waals surface area contributed by atoms with Gasteiger partial charge in [-0.05, 0) is 19.5 Å². The summed E-state index contributed by atoms with van der Waals surface area (Å²) in [5.74, 6) is 0.485. The molecule has 7 nitrogen and oxygen atoms in total. The van der Waals surface area contributed by atoms with Gasteiger partial charge in [0.15, 0.2) is 0 Å². The molecule has 0 aliphatic rings. The third kappa shape index (κ3) is 5.78. The zero-order valence-corrected chi connectivity index (χ0v) is 12.3. The van der Waals surface area contributed by atoms with Gasteiger partial charge >= 0.3 is 0 Å². The van der Waals surface area contributed by atoms with Crippen LogP contribution < -0.4 is 15.4 Å². The minimum Gasteiger partial charge on any atom is -0.493 e. The lowest BCUT2D eigenvalue weighted by Crippen LogP contribution is -2.24. The van der Waals surface area contributed by atoms with Crippen molar-refractivity contribution >= 4 is 11.6 Å². The molecule has 0 saturated carbocycles. The third-order valence-corrected chi connectivity index (χ3v) is 2.78. The molecule has 21 heavy (non-hydrogen) atoms. The molecule has 0 radical (unpaired) electrons. The zero-order chi connectivity index (χ0) is 15.7. The van der Waals surface area contributed by atoms with Gasteiger partial charge in [0.25, 0.3) is 5.69 Å². The Kier molecular flexibility index (Phi) is 7.17. The molecule has 1 amide bonds. The molecule has 0 aliphatic carbocycles. The van der Waals surface area contributed by atoms with E-state index in [4.69, 9.17) is 4.74 Å². The van der Waals surface area contributed by atoms with Crippen LogP contribution in [0.25, 0.3) is 0 Å². The van der Waals surface area contributed by atoms with Crippen molar-refractivity contribution in [3.63, 3.8) is 0 Å². The number of non-ortho nitro benzene ring substituents is 1. The van der Waals surface area contributed by atoms with Gasteiger partial charge in [-0.15, -0.1) is 0 Å². The number of nitro benzene ring substituents is 1. The summed E-state index contributed by atoms with van der Waals surface area (Å²) in [6, 6.07) is 4.46. The van der Waals surface area contributed by atoms with E-state index in [1.807, 2.05) is 13.8 Å². The summed E-state index contributed by atoms with van der Waals surface area (Å²) in [4.78, 5) is 21.7. The molecule has 0 atom stereocenters. The third-order valence-electron chi connectivity index (χ3n) is 2.78. The molecule has 0 bridgehead atoms. The molecule has 7 heteroatoms. The monoisotopic (exact) mass is 295 g/mol. The average molecular weight is 295 g/mol. The summed E-state index contributed by atoms with van der Waals surface area (Å²) >= 11 is 0. The molecule has 0 fully saturated rings. The number of rotatable bonds is 9. The van der Waals surface area contributed by atoms with E-state index in [9.17, 15) is 14.9 Å². The van der Waals surface area contributed by atoms with Crippen LogP contribution in [-0.2, 0) is 11.3 Å². The van der Waals surface area contributed by atoms with Gasteiger partial charge in [0.05, 0.1) is 18.0 Å². The lowest BCUT2D eigenvalue weighted by Gasteiger charge is -2.11. The fourth-order valence-corrected chi connectivity index (χ4v) is 1.76. The number of carbonyl (C=O) groups excluding carboxylic acids is 1. The fraction of sp³-hybridized carbons (Fsp3) is 0.500. The van der Waals surface area contributed by atoms with Gasteiger partial charge in [-0.3, -0.25) is 14.9 Å². The zero-order valence-electron chi connectivity index (χ0n) is 12.3. The summed E-state index contributed by atoms with van der Waals surface area (Å²) in [6.07, 6.45) is 0.255. The van der Waals surface area contributed by atoms with Crippen LogP contribution in [0.5, 0.6) is 5.75 Å². The largest absolute Gasteiger partial charge is 0.493 e. The van der Waals surface area contributed by atoms with E-state index in [0.29, 0.717) is 24.4 Å². The molecular weight excluding hydrogens is 274 g/mol. The standard InChI is InChI=1S/C14H21N3O4/c1-3-15-10-11-9-12(17(19)20)5-6-13(11)21-8-7-14(18)16-4-2/h5-6,9,15H,3-4,7-8,10H2,1-2H3,(H,16,18). The van der Waals surface area contributed by atoms with Gasteiger partial charge in [0, 0.05) is 30.8 Å². The number of nitro groups is 1. The Hall–Kier alpha value is -2.15. The van der Waals surface area contributed by atoms with E-state index < -0.39 is 4.92 Å². The molecular formula is C14H21N3O4. The Morgan fingerprint density at radius 2 is 2.10 bits per heavy atom. The molecule has 116 valence electrons. The topological polar surface area (TPSA) is 93.5 Å². The number of nitrogens with one attached hydrogen (secondary N) is 2. The maximum absolute atomic E-state index is 11.3. The van der Waals surface area contributed by atoms with Crippen molar-refractivity contribution in [3.05, 3.63) is 33.9 Å². The number of benzene rings is 1. The summed E-state index contributed by atoms with van der Waals surface area (Å²) in [7, 11) is 0. The van der Waals surface area contributed by atoms with Gasteiger partial charge in [-0.25, -0.2) is 0 Å². The molecule has 1 rings (SSSR count). The average Bonchev–Trinajstić information content (AvgIpc) is 2.46. The van der Waals surface area contributed by atoms with E-state index in [2.05, 4.69) is 10.6 Å². The highest BCUT2D eigenvalue weighted by Crippen LogP contribution is 2.24. The van der Waals surface area contributed by atoms with Crippen LogP contribution in [0.15, 0.2) is 18.2 Å². The smallest absolute Gasteiger partial charge is 0.270 e. The van der Waals surface area contributed by atoms with E-state index >= 15 is 0 Å². The SMILES string of the molecule is CCNCc1cc([N+](=O)[O-])ccc1OCCC(=O)NCC. The van der Waals surface area contributed by atoms with Crippen molar-refractivity contribution < 1.29 is 14.5 Å². The van der Waals surface area contributed by atoms with Crippen LogP contribution in [-0.4, -0.2) is 30.5 Å². The fourth-order valence-electron chi connectivity index (χ4n) is 1.76. The number of hydrogen-bond donors (Lipinski definition) is 2. The Morgan fingerprint density at radius 1 is 1.33 bits per heavy atom. The van der Waals surface area contributed by atoms with Crippen LogP contribution in [0.2, 0.25) is 0 Å². The highest BCUT2D eigenvalue weighted by molar-refractivity contribution is 5.75. The molecule has 0 heterocycles. The molecule has 1 aromatic rings. The Labute approximate surface area is 123 Å². The van der Waals surface area contributed by atoms with Crippen molar-refractivity contribution in [2.75, 3.05) is 19.7 Å². The highest BCUT2D eigenvalue weighted by Gasteiger charge is 2.12. The second-order valence-corrected chi connectivity index (χ2v) is 4.38. The maximum Gasteiger partial charge on any atom is 0.270 e. The molecule has 0 saturated heterocycles. The van der Waals surface area contributed by atoms with Crippen LogP contribution in [0.1, 0.15) is 25.8 Å². The Morgan fingerprint density at radius 3 is 2.71 bits per heavy atom. The van der Waals surface area contributed by atoms with E-state index in [1.54, 1.807) is 6.07 Å². The lowest BCUT2D eigenvalue weighted by molar-refractivity contribution is -0.384. The second-order valence-electron chi connectivity index (χ2n) is 4.38. The molecule has 1 aromatic carbocycles. The number of carbonyl (C=O) groups is 1. The van der Waals surface area contributed by atoms with Crippen molar-refractivity contribution in [2.45, 2.75) is 26.8 Å². The Balaban J connectivity index is 2.70. The van der Waals surface area contributed by atoms with Crippen molar-refractivity contribution in [1.29, 1.82) is 0 Å². The van der Waals surface area contributed by atoms with Crippen LogP contribution >= 0.6 is 0 Å². The molecule has 2 N–H and O–H groups in total. The lowest BCUT2D eigenvalue weighted by atomic mass is 10.1. The second kappa shape index (κ2) is 8.91. The summed E-state index contributed by atoms with van der Waals surface area (Å²) in [6.45, 7) is 5.86. The summed E-state index contributed by atoms with van der Waals surface area (Å²) in [5.41, 5.74) is 0.737. The minimum absolute atomic E-state index is 0.0268. The first-order valence-electron chi connectivity index (χ1n) is 6.96. The minimum atomic E-state index is -0.437. The molecule has 0 aliphatic heterocycles. The van der Waals surface area contributed by atoms with Crippen LogP contribution in [0, 0.1) is 10.1 Å². The number of ether oxygens (including phenoxy) is 1. The first-order chi connectivity index (χ1) is 10.1. The van der Waals surface area contributed by atoms with Crippen molar-refractivity contribution in [3.8, 4) is 5.75 Å². The number of hydrogen-bond acceptors (Lipinski definition) is 5. The maximum atomic E-state index is 11.3. The van der Waals surface area contributed by atoms with Crippen molar-refractivity contribution in [1.82, 2.24) is 10.6 Å². The molecule has 0 aromatic heterocycles. The van der Waals surface area contributed by atoms with Crippen molar-refractivity contribution in [2.24, 2.45) is 0 Å². The van der Waals surface area contributed by atoms with Crippen LogP contribution in [0.4, 0.5) is 5.69 Å². The first kappa shape index (κ1) is 16.9.